The van der Waals surface area contributed by atoms with Crippen LogP contribution in [0.4, 0.5) is 0 Å². The molecule has 182 valence electrons. The summed E-state index contributed by atoms with van der Waals surface area (Å²) in [5.74, 6) is 0.645. The average molecular weight is 499 g/mol. The summed E-state index contributed by atoms with van der Waals surface area (Å²) in [6.07, 6.45) is 0. The zero-order valence-corrected chi connectivity index (χ0v) is 21.0. The molecular weight excluding hydrogens is 476 g/mol. The molecule has 0 bridgehead atoms. The van der Waals surface area contributed by atoms with Gasteiger partial charge in [0.1, 0.15) is 5.58 Å². The van der Waals surface area contributed by atoms with Crippen molar-refractivity contribution in [2.75, 3.05) is 0 Å². The van der Waals surface area contributed by atoms with Crippen LogP contribution in [0.5, 0.6) is 0 Å². The standard InChI is InChI=1S/C36H22N2O/c1-2-10-23(11-3-1)25-16-8-17-28(20-25)35-37-34(30-19-9-15-24-12-6-7-18-29(24)30)33-31-21-26-13-4-5-14-27(26)22-32(31)39-36(33)38-35/h1-22H. The van der Waals surface area contributed by atoms with Crippen molar-refractivity contribution in [2.45, 2.75) is 0 Å². The summed E-state index contributed by atoms with van der Waals surface area (Å²) in [4.78, 5) is 10.3. The second kappa shape index (κ2) is 8.64. The van der Waals surface area contributed by atoms with Crippen LogP contribution in [-0.4, -0.2) is 9.97 Å². The van der Waals surface area contributed by atoms with Crippen LogP contribution in [0.3, 0.4) is 0 Å². The van der Waals surface area contributed by atoms with Crippen molar-refractivity contribution < 1.29 is 4.42 Å². The van der Waals surface area contributed by atoms with E-state index >= 15 is 0 Å². The number of fused-ring (bicyclic) bond motifs is 5. The number of benzene rings is 6. The molecule has 0 amide bonds. The first kappa shape index (κ1) is 21.8. The van der Waals surface area contributed by atoms with Gasteiger partial charge in [-0.15, -0.1) is 0 Å². The van der Waals surface area contributed by atoms with Gasteiger partial charge in [0.05, 0.1) is 11.1 Å². The number of aromatic nitrogens is 2. The monoisotopic (exact) mass is 498 g/mol. The van der Waals surface area contributed by atoms with E-state index in [2.05, 4.69) is 127 Å². The Morgan fingerprint density at radius 2 is 1.13 bits per heavy atom. The highest BCUT2D eigenvalue weighted by Crippen LogP contribution is 2.40. The van der Waals surface area contributed by atoms with Gasteiger partial charge in [-0.3, -0.25) is 0 Å². The number of furan rings is 1. The Labute approximate surface area is 225 Å². The predicted molar refractivity (Wildman–Crippen MR) is 161 cm³/mol. The summed E-state index contributed by atoms with van der Waals surface area (Å²) in [7, 11) is 0. The summed E-state index contributed by atoms with van der Waals surface area (Å²) in [6.45, 7) is 0. The third kappa shape index (κ3) is 3.59. The van der Waals surface area contributed by atoms with Gasteiger partial charge in [-0.2, -0.15) is 4.98 Å². The average Bonchev–Trinajstić information content (AvgIpc) is 3.37. The highest BCUT2D eigenvalue weighted by molar-refractivity contribution is 6.16. The molecule has 0 atom stereocenters. The number of nitrogens with zero attached hydrogens (tertiary/aromatic N) is 2. The Balaban J connectivity index is 1.45. The molecule has 3 nitrogen and oxygen atoms in total. The van der Waals surface area contributed by atoms with E-state index in [1.807, 2.05) is 6.07 Å². The lowest BCUT2D eigenvalue weighted by Crippen LogP contribution is -1.95. The second-order valence-corrected chi connectivity index (χ2v) is 9.85. The molecule has 0 saturated carbocycles. The first-order valence-corrected chi connectivity index (χ1v) is 13.1. The van der Waals surface area contributed by atoms with E-state index in [0.717, 1.165) is 60.5 Å². The Morgan fingerprint density at radius 1 is 0.462 bits per heavy atom. The molecule has 0 aliphatic heterocycles. The van der Waals surface area contributed by atoms with Gasteiger partial charge in [-0.25, -0.2) is 4.98 Å². The Bertz CT molecular complexity index is 2170. The van der Waals surface area contributed by atoms with Crippen LogP contribution in [0.25, 0.3) is 77.4 Å². The van der Waals surface area contributed by atoms with E-state index in [0.29, 0.717) is 11.5 Å². The highest BCUT2D eigenvalue weighted by atomic mass is 16.3. The maximum atomic E-state index is 6.46. The van der Waals surface area contributed by atoms with Crippen LogP contribution in [0, 0.1) is 0 Å². The fourth-order valence-electron chi connectivity index (χ4n) is 5.58. The number of rotatable bonds is 3. The molecule has 0 unspecified atom stereocenters. The van der Waals surface area contributed by atoms with Crippen LogP contribution in [-0.2, 0) is 0 Å². The summed E-state index contributed by atoms with van der Waals surface area (Å²) in [6, 6.07) is 46.3. The van der Waals surface area contributed by atoms with Crippen molar-refractivity contribution in [1.82, 2.24) is 9.97 Å². The Hall–Kier alpha value is -5.28. The van der Waals surface area contributed by atoms with Gasteiger partial charge < -0.3 is 4.42 Å². The molecule has 0 N–H and O–H groups in total. The van der Waals surface area contributed by atoms with E-state index in [1.165, 1.54) is 5.39 Å². The quantitative estimate of drug-likeness (QED) is 0.243. The summed E-state index contributed by atoms with van der Waals surface area (Å²) < 4.78 is 6.46. The van der Waals surface area contributed by atoms with E-state index in [9.17, 15) is 0 Å². The molecule has 3 heteroatoms. The van der Waals surface area contributed by atoms with E-state index in [-0.39, 0.29) is 0 Å². The minimum absolute atomic E-state index is 0.596. The van der Waals surface area contributed by atoms with Gasteiger partial charge in [0, 0.05) is 16.5 Å². The summed E-state index contributed by atoms with van der Waals surface area (Å²) >= 11 is 0. The van der Waals surface area contributed by atoms with Gasteiger partial charge in [-0.05, 0) is 50.9 Å². The molecule has 0 aliphatic rings. The fourth-order valence-corrected chi connectivity index (χ4v) is 5.58. The SMILES string of the molecule is c1ccc(-c2cccc(-c3nc(-c4cccc5ccccc45)c4c(n3)oc3cc5ccccc5cc34)c2)cc1. The smallest absolute Gasteiger partial charge is 0.231 e. The maximum Gasteiger partial charge on any atom is 0.231 e. The first-order valence-electron chi connectivity index (χ1n) is 13.1. The second-order valence-electron chi connectivity index (χ2n) is 9.85. The van der Waals surface area contributed by atoms with Crippen molar-refractivity contribution >= 4 is 43.6 Å². The lowest BCUT2D eigenvalue weighted by atomic mass is 9.98. The fraction of sp³-hybridized carbons (Fsp3) is 0. The van der Waals surface area contributed by atoms with Crippen LogP contribution < -0.4 is 0 Å². The molecule has 0 saturated heterocycles. The van der Waals surface area contributed by atoms with Gasteiger partial charge >= 0.3 is 0 Å². The molecule has 0 radical (unpaired) electrons. The minimum Gasteiger partial charge on any atom is -0.438 e. The van der Waals surface area contributed by atoms with E-state index < -0.39 is 0 Å². The van der Waals surface area contributed by atoms with E-state index in [4.69, 9.17) is 14.4 Å². The minimum atomic E-state index is 0.596. The molecule has 8 aromatic rings. The van der Waals surface area contributed by atoms with Crippen molar-refractivity contribution in [3.63, 3.8) is 0 Å². The number of hydrogen-bond acceptors (Lipinski definition) is 3. The lowest BCUT2D eigenvalue weighted by Gasteiger charge is -2.10. The predicted octanol–water partition coefficient (Wildman–Crippen LogP) is 9.68. The third-order valence-corrected chi connectivity index (χ3v) is 7.47. The zero-order valence-electron chi connectivity index (χ0n) is 21.0. The molecule has 6 aromatic carbocycles. The molecule has 2 heterocycles. The van der Waals surface area contributed by atoms with Crippen LogP contribution in [0.1, 0.15) is 0 Å². The Kier molecular flexibility index (Phi) is 4.82. The number of hydrogen-bond donors (Lipinski definition) is 0. The Morgan fingerprint density at radius 3 is 2.00 bits per heavy atom. The topological polar surface area (TPSA) is 38.9 Å². The van der Waals surface area contributed by atoms with Gasteiger partial charge in [0.2, 0.25) is 5.71 Å². The molecular formula is C36H22N2O. The molecule has 8 rings (SSSR count). The largest absolute Gasteiger partial charge is 0.438 e. The zero-order chi connectivity index (χ0) is 25.8. The van der Waals surface area contributed by atoms with Crippen molar-refractivity contribution in [3.8, 4) is 33.8 Å². The molecule has 0 aliphatic carbocycles. The normalized spacial score (nSPS) is 11.6. The van der Waals surface area contributed by atoms with Crippen LogP contribution in [0.2, 0.25) is 0 Å². The van der Waals surface area contributed by atoms with Crippen molar-refractivity contribution in [1.29, 1.82) is 0 Å². The summed E-state index contributed by atoms with van der Waals surface area (Å²) in [5.41, 5.74) is 6.59. The van der Waals surface area contributed by atoms with Crippen molar-refractivity contribution in [2.24, 2.45) is 0 Å². The highest BCUT2D eigenvalue weighted by Gasteiger charge is 2.20. The maximum absolute atomic E-state index is 6.46. The van der Waals surface area contributed by atoms with Crippen LogP contribution >= 0.6 is 0 Å². The summed E-state index contributed by atoms with van der Waals surface area (Å²) in [5, 5.41) is 6.59. The van der Waals surface area contributed by atoms with E-state index in [1.54, 1.807) is 0 Å². The first-order chi connectivity index (χ1) is 19.3. The molecule has 39 heavy (non-hydrogen) atoms. The third-order valence-electron chi connectivity index (χ3n) is 7.47. The van der Waals surface area contributed by atoms with Gasteiger partial charge in [0.25, 0.3) is 0 Å². The van der Waals surface area contributed by atoms with Gasteiger partial charge in [-0.1, -0.05) is 115 Å². The van der Waals surface area contributed by atoms with Crippen LogP contribution in [0.15, 0.2) is 138 Å². The molecule has 0 fully saturated rings. The van der Waals surface area contributed by atoms with Crippen molar-refractivity contribution in [3.05, 3.63) is 133 Å². The molecule has 2 aromatic heterocycles. The lowest BCUT2D eigenvalue weighted by molar-refractivity contribution is 0.654. The van der Waals surface area contributed by atoms with Gasteiger partial charge in [0.15, 0.2) is 5.82 Å². The molecule has 0 spiro atoms.